The largest absolute Gasteiger partial charge is 0.374 e. The molecule has 4 nitrogen and oxygen atoms in total. The van der Waals surface area contributed by atoms with Crippen LogP contribution in [0.5, 0.6) is 0 Å². The van der Waals surface area contributed by atoms with Crippen molar-refractivity contribution in [3.63, 3.8) is 0 Å². The van der Waals surface area contributed by atoms with E-state index in [9.17, 15) is 8.42 Å². The molecule has 1 heterocycles. The average molecular weight is 359 g/mol. The van der Waals surface area contributed by atoms with Gasteiger partial charge in [-0.2, -0.15) is 4.31 Å². The molecule has 1 aromatic carbocycles. The van der Waals surface area contributed by atoms with Gasteiger partial charge in [-0.25, -0.2) is 8.42 Å². The molecule has 1 fully saturated rings. The molecule has 20 heavy (non-hydrogen) atoms. The number of morpholine rings is 1. The molecule has 1 aliphatic rings. The lowest BCUT2D eigenvalue weighted by Gasteiger charge is -2.36. The summed E-state index contributed by atoms with van der Waals surface area (Å²) in [6, 6.07) is 4.01. The zero-order chi connectivity index (χ0) is 14.9. The lowest BCUT2D eigenvalue weighted by molar-refractivity contribution is -0.0152. The molecule has 2 atom stereocenters. The fourth-order valence-electron chi connectivity index (χ4n) is 2.03. The number of benzene rings is 1. The van der Waals surface area contributed by atoms with Gasteiger partial charge in [0.05, 0.1) is 17.6 Å². The van der Waals surface area contributed by atoms with E-state index in [0.717, 1.165) is 0 Å². The van der Waals surface area contributed by atoms with Crippen LogP contribution in [0.15, 0.2) is 23.1 Å². The van der Waals surface area contributed by atoms with Crippen molar-refractivity contribution >= 4 is 44.8 Å². The maximum atomic E-state index is 12.7. The Hall–Kier alpha value is -0.0400. The summed E-state index contributed by atoms with van der Waals surface area (Å²) in [6.45, 7) is 2.32. The minimum absolute atomic E-state index is 0.0806. The van der Waals surface area contributed by atoms with Gasteiger partial charge in [-0.05, 0) is 25.1 Å². The molecule has 1 aliphatic heterocycles. The highest BCUT2D eigenvalue weighted by molar-refractivity contribution is 7.89. The number of hydrogen-bond donors (Lipinski definition) is 0. The van der Waals surface area contributed by atoms with Crippen molar-refractivity contribution in [3.05, 3.63) is 28.2 Å². The van der Waals surface area contributed by atoms with Crippen LogP contribution in [0.1, 0.15) is 6.92 Å². The van der Waals surface area contributed by atoms with Crippen LogP contribution in [0.4, 0.5) is 0 Å². The first-order chi connectivity index (χ1) is 9.34. The predicted octanol–water partition coefficient (Wildman–Crippen LogP) is 3.01. The first kappa shape index (κ1) is 16.3. The molecule has 2 unspecified atom stereocenters. The third-order valence-corrected chi connectivity index (χ3v) is 5.80. The average Bonchev–Trinajstić information content (AvgIpc) is 2.38. The smallest absolute Gasteiger partial charge is 0.243 e. The molecule has 0 N–H and O–H groups in total. The summed E-state index contributed by atoms with van der Waals surface area (Å²) in [5, 5.41) is 0.566. The normalized spacial score (nSPS) is 24.8. The minimum atomic E-state index is -3.67. The molecule has 1 aromatic rings. The third kappa shape index (κ3) is 3.40. The van der Waals surface area contributed by atoms with E-state index in [-0.39, 0.29) is 39.5 Å². The van der Waals surface area contributed by atoms with Crippen LogP contribution in [-0.2, 0) is 14.8 Å². The van der Waals surface area contributed by atoms with Crippen LogP contribution in [0.3, 0.4) is 0 Å². The van der Waals surface area contributed by atoms with Gasteiger partial charge >= 0.3 is 0 Å². The Morgan fingerprint density at radius 1 is 1.30 bits per heavy atom. The monoisotopic (exact) mass is 357 g/mol. The molecular formula is C12H14Cl3NO3S. The summed E-state index contributed by atoms with van der Waals surface area (Å²) < 4.78 is 32.2. The third-order valence-electron chi connectivity index (χ3n) is 3.06. The van der Waals surface area contributed by atoms with Crippen molar-refractivity contribution in [2.75, 3.05) is 19.0 Å². The van der Waals surface area contributed by atoms with Crippen molar-refractivity contribution < 1.29 is 13.2 Å². The molecule has 0 saturated carbocycles. The van der Waals surface area contributed by atoms with E-state index < -0.39 is 10.0 Å². The van der Waals surface area contributed by atoms with Gasteiger partial charge in [0, 0.05) is 28.5 Å². The number of alkyl halides is 1. The zero-order valence-corrected chi connectivity index (χ0v) is 13.8. The van der Waals surface area contributed by atoms with Crippen LogP contribution in [-0.4, -0.2) is 43.9 Å². The second kappa shape index (κ2) is 6.38. The molecule has 2 rings (SSSR count). The molecule has 0 radical (unpaired) electrons. The van der Waals surface area contributed by atoms with Gasteiger partial charge in [-0.15, -0.1) is 11.6 Å². The van der Waals surface area contributed by atoms with Gasteiger partial charge in [-0.3, -0.25) is 0 Å². The molecule has 0 amide bonds. The second-order valence-corrected chi connectivity index (χ2v) is 7.71. The molecule has 0 aromatic heterocycles. The summed E-state index contributed by atoms with van der Waals surface area (Å²) >= 11 is 17.5. The highest BCUT2D eigenvalue weighted by Crippen LogP contribution is 2.27. The van der Waals surface area contributed by atoms with Gasteiger partial charge < -0.3 is 4.74 Å². The summed E-state index contributed by atoms with van der Waals surface area (Å²) in [7, 11) is -3.67. The number of sulfonamides is 1. The van der Waals surface area contributed by atoms with E-state index in [2.05, 4.69) is 0 Å². The van der Waals surface area contributed by atoms with Crippen LogP contribution < -0.4 is 0 Å². The van der Waals surface area contributed by atoms with Crippen LogP contribution in [0.25, 0.3) is 0 Å². The lowest BCUT2D eigenvalue weighted by atomic mass is 10.2. The fourth-order valence-corrected chi connectivity index (χ4v) is 4.59. The maximum Gasteiger partial charge on any atom is 0.243 e. The Morgan fingerprint density at radius 3 is 2.45 bits per heavy atom. The first-order valence-corrected chi connectivity index (χ1v) is 8.73. The van der Waals surface area contributed by atoms with Gasteiger partial charge in [0.25, 0.3) is 0 Å². The summed E-state index contributed by atoms with van der Waals surface area (Å²) in [5.41, 5.74) is 0. The van der Waals surface area contributed by atoms with Crippen molar-refractivity contribution in [1.82, 2.24) is 4.31 Å². The number of nitrogens with zero attached hydrogens (tertiary/aromatic N) is 1. The molecule has 0 spiro atoms. The Labute approximate surface area is 133 Å². The summed E-state index contributed by atoms with van der Waals surface area (Å²) in [6.07, 6.45) is -0.308. The predicted molar refractivity (Wildman–Crippen MR) is 80.3 cm³/mol. The van der Waals surface area contributed by atoms with E-state index in [1.165, 1.54) is 22.5 Å². The van der Waals surface area contributed by atoms with E-state index in [0.29, 0.717) is 6.61 Å². The van der Waals surface area contributed by atoms with Crippen molar-refractivity contribution in [2.45, 2.75) is 24.0 Å². The zero-order valence-electron chi connectivity index (χ0n) is 10.7. The van der Waals surface area contributed by atoms with E-state index in [1.54, 1.807) is 6.92 Å². The van der Waals surface area contributed by atoms with Gasteiger partial charge in [0.2, 0.25) is 10.0 Å². The van der Waals surface area contributed by atoms with E-state index in [1.807, 2.05) is 0 Å². The summed E-state index contributed by atoms with van der Waals surface area (Å²) in [4.78, 5) is 0.0806. The molecule has 8 heteroatoms. The standard InChI is InChI=1S/C12H14Cl3NO3S/c1-8-7-19-11(5-13)6-16(8)20(17,18)12-3-9(14)2-10(15)4-12/h2-4,8,11H,5-7H2,1H3. The van der Waals surface area contributed by atoms with Crippen molar-refractivity contribution in [2.24, 2.45) is 0 Å². The van der Waals surface area contributed by atoms with Crippen LogP contribution >= 0.6 is 34.8 Å². The number of rotatable bonds is 3. The molecular weight excluding hydrogens is 345 g/mol. The molecule has 1 saturated heterocycles. The first-order valence-electron chi connectivity index (χ1n) is 6.00. The van der Waals surface area contributed by atoms with Crippen LogP contribution in [0.2, 0.25) is 10.0 Å². The molecule has 0 bridgehead atoms. The number of ether oxygens (including phenoxy) is 1. The number of halogens is 3. The minimum Gasteiger partial charge on any atom is -0.374 e. The van der Waals surface area contributed by atoms with Gasteiger partial charge in [0.1, 0.15) is 0 Å². The van der Waals surface area contributed by atoms with E-state index >= 15 is 0 Å². The molecule has 112 valence electrons. The quantitative estimate of drug-likeness (QED) is 0.780. The Balaban J connectivity index is 2.37. The summed E-state index contributed by atoms with van der Waals surface area (Å²) in [5.74, 6) is 0.245. The van der Waals surface area contributed by atoms with Gasteiger partial charge in [-0.1, -0.05) is 23.2 Å². The highest BCUT2D eigenvalue weighted by atomic mass is 35.5. The van der Waals surface area contributed by atoms with E-state index in [4.69, 9.17) is 39.5 Å². The Morgan fingerprint density at radius 2 is 1.90 bits per heavy atom. The SMILES string of the molecule is CC1COC(CCl)CN1S(=O)(=O)c1cc(Cl)cc(Cl)c1. The van der Waals surface area contributed by atoms with Crippen molar-refractivity contribution in [3.8, 4) is 0 Å². The Bertz CT molecular complexity index is 573. The van der Waals surface area contributed by atoms with Gasteiger partial charge in [0.15, 0.2) is 0 Å². The fraction of sp³-hybridized carbons (Fsp3) is 0.500. The second-order valence-electron chi connectivity index (χ2n) is 4.64. The lowest BCUT2D eigenvalue weighted by Crippen LogP contribution is -2.51. The highest BCUT2D eigenvalue weighted by Gasteiger charge is 2.35. The topological polar surface area (TPSA) is 46.6 Å². The van der Waals surface area contributed by atoms with Crippen molar-refractivity contribution in [1.29, 1.82) is 0 Å². The Kier molecular flexibility index (Phi) is 5.21. The number of hydrogen-bond acceptors (Lipinski definition) is 3. The molecule has 0 aliphatic carbocycles. The maximum absolute atomic E-state index is 12.7. The van der Waals surface area contributed by atoms with Crippen LogP contribution in [0, 0.1) is 0 Å².